The summed E-state index contributed by atoms with van der Waals surface area (Å²) in [4.78, 5) is 11.2. The Balaban J connectivity index is 1.96. The molecule has 1 fully saturated rings. The maximum absolute atomic E-state index is 11.2. The summed E-state index contributed by atoms with van der Waals surface area (Å²) >= 11 is 0. The summed E-state index contributed by atoms with van der Waals surface area (Å²) in [7, 11) is 1.59. The third-order valence-electron chi connectivity index (χ3n) is 2.36. The summed E-state index contributed by atoms with van der Waals surface area (Å²) in [6.07, 6.45) is 3.28. The van der Waals surface area contributed by atoms with Crippen molar-refractivity contribution < 1.29 is 23.7 Å². The summed E-state index contributed by atoms with van der Waals surface area (Å²) in [6, 6.07) is 0. The smallest absolute Gasteiger partial charge is 0.332 e. The predicted octanol–water partition coefficient (Wildman–Crippen LogP) is 0.762. The van der Waals surface area contributed by atoms with E-state index in [1.54, 1.807) is 7.11 Å². The van der Waals surface area contributed by atoms with E-state index in [0.717, 1.165) is 25.9 Å². The van der Waals surface area contributed by atoms with Gasteiger partial charge in [0, 0.05) is 13.7 Å². The lowest BCUT2D eigenvalue weighted by Crippen LogP contribution is -2.27. The van der Waals surface area contributed by atoms with Crippen LogP contribution < -0.4 is 0 Å². The molecule has 0 amide bonds. The van der Waals surface area contributed by atoms with E-state index >= 15 is 0 Å². The van der Waals surface area contributed by atoms with Gasteiger partial charge in [-0.3, -0.25) is 0 Å². The Kier molecular flexibility index (Phi) is 7.12. The van der Waals surface area contributed by atoms with E-state index in [0.29, 0.717) is 19.8 Å². The minimum absolute atomic E-state index is 0.0178. The Morgan fingerprint density at radius 3 is 2.94 bits per heavy atom. The van der Waals surface area contributed by atoms with Crippen LogP contribution in [0.15, 0.2) is 0 Å². The molecule has 0 aromatic carbocycles. The van der Waals surface area contributed by atoms with Gasteiger partial charge in [-0.1, -0.05) is 0 Å². The Labute approximate surface area is 96.0 Å². The first-order valence-corrected chi connectivity index (χ1v) is 5.67. The summed E-state index contributed by atoms with van der Waals surface area (Å²) in [5.74, 6) is -0.342. The third kappa shape index (κ3) is 6.05. The van der Waals surface area contributed by atoms with Crippen LogP contribution in [-0.2, 0) is 23.7 Å². The molecule has 0 aromatic heterocycles. The van der Waals surface area contributed by atoms with Crippen LogP contribution in [0.5, 0.6) is 0 Å². The van der Waals surface area contributed by atoms with Crippen molar-refractivity contribution in [1.82, 2.24) is 0 Å². The zero-order chi connectivity index (χ0) is 11.6. The Morgan fingerprint density at radius 1 is 1.38 bits per heavy atom. The van der Waals surface area contributed by atoms with E-state index in [9.17, 15) is 4.79 Å². The minimum atomic E-state index is -0.342. The molecule has 16 heavy (non-hydrogen) atoms. The van der Waals surface area contributed by atoms with Crippen molar-refractivity contribution in [2.45, 2.75) is 25.4 Å². The first-order valence-electron chi connectivity index (χ1n) is 5.67. The number of carbonyl (C=O) groups is 1. The van der Waals surface area contributed by atoms with Crippen LogP contribution in [0.3, 0.4) is 0 Å². The predicted molar refractivity (Wildman–Crippen MR) is 57.2 cm³/mol. The molecule has 0 saturated carbocycles. The maximum atomic E-state index is 11.2. The molecule has 1 aliphatic rings. The molecular formula is C11H20O5. The van der Waals surface area contributed by atoms with E-state index in [2.05, 4.69) is 0 Å². The van der Waals surface area contributed by atoms with Crippen LogP contribution in [0, 0.1) is 0 Å². The summed E-state index contributed by atoms with van der Waals surface area (Å²) < 4.78 is 20.3. The highest BCUT2D eigenvalue weighted by Crippen LogP contribution is 2.12. The second-order valence-electron chi connectivity index (χ2n) is 3.72. The fraction of sp³-hybridized carbons (Fsp3) is 0.909. The van der Waals surface area contributed by atoms with Crippen molar-refractivity contribution in [2.75, 3.05) is 40.1 Å². The van der Waals surface area contributed by atoms with Crippen molar-refractivity contribution in [3.63, 3.8) is 0 Å². The number of methoxy groups -OCH3 is 1. The van der Waals surface area contributed by atoms with E-state index in [4.69, 9.17) is 18.9 Å². The van der Waals surface area contributed by atoms with E-state index in [1.165, 1.54) is 0 Å². The van der Waals surface area contributed by atoms with Crippen molar-refractivity contribution >= 4 is 5.97 Å². The van der Waals surface area contributed by atoms with Crippen LogP contribution >= 0.6 is 0 Å². The minimum Gasteiger partial charge on any atom is -0.461 e. The van der Waals surface area contributed by atoms with Gasteiger partial charge in [0.05, 0.1) is 19.3 Å². The molecule has 0 radical (unpaired) electrons. The van der Waals surface area contributed by atoms with Crippen LogP contribution in [0.4, 0.5) is 0 Å². The first-order chi connectivity index (χ1) is 7.83. The SMILES string of the molecule is COCCOCC(=O)OCC1CCCCO1. The quantitative estimate of drug-likeness (QED) is 0.479. The molecule has 0 aliphatic carbocycles. The van der Waals surface area contributed by atoms with E-state index in [-0.39, 0.29) is 18.7 Å². The van der Waals surface area contributed by atoms with Gasteiger partial charge in [0.15, 0.2) is 0 Å². The summed E-state index contributed by atoms with van der Waals surface area (Å²) in [6.45, 7) is 1.99. The normalized spacial score (nSPS) is 20.7. The average Bonchev–Trinajstić information content (AvgIpc) is 2.33. The molecule has 0 spiro atoms. The highest BCUT2D eigenvalue weighted by Gasteiger charge is 2.15. The van der Waals surface area contributed by atoms with Gasteiger partial charge in [0.1, 0.15) is 13.2 Å². The number of esters is 1. The van der Waals surface area contributed by atoms with E-state index < -0.39 is 0 Å². The lowest BCUT2D eigenvalue weighted by atomic mass is 10.1. The van der Waals surface area contributed by atoms with Gasteiger partial charge in [0.25, 0.3) is 0 Å². The fourth-order valence-electron chi connectivity index (χ4n) is 1.46. The van der Waals surface area contributed by atoms with Crippen molar-refractivity contribution in [2.24, 2.45) is 0 Å². The third-order valence-corrected chi connectivity index (χ3v) is 2.36. The number of hydrogen-bond acceptors (Lipinski definition) is 5. The zero-order valence-electron chi connectivity index (χ0n) is 9.78. The molecule has 1 aliphatic heterocycles. The Bertz CT molecular complexity index is 189. The molecule has 1 rings (SSSR count). The van der Waals surface area contributed by atoms with Crippen molar-refractivity contribution in [3.8, 4) is 0 Å². The van der Waals surface area contributed by atoms with Crippen LogP contribution in [0.25, 0.3) is 0 Å². The van der Waals surface area contributed by atoms with E-state index in [1.807, 2.05) is 0 Å². The number of ether oxygens (including phenoxy) is 4. The molecular weight excluding hydrogens is 212 g/mol. The van der Waals surface area contributed by atoms with Crippen LogP contribution in [-0.4, -0.2) is 52.2 Å². The molecule has 94 valence electrons. The molecule has 5 heteroatoms. The van der Waals surface area contributed by atoms with Gasteiger partial charge in [0.2, 0.25) is 0 Å². The molecule has 0 N–H and O–H groups in total. The average molecular weight is 232 g/mol. The number of carbonyl (C=O) groups excluding carboxylic acids is 1. The van der Waals surface area contributed by atoms with Crippen molar-refractivity contribution in [1.29, 1.82) is 0 Å². The number of hydrogen-bond donors (Lipinski definition) is 0. The first kappa shape index (κ1) is 13.4. The zero-order valence-corrected chi connectivity index (χ0v) is 9.78. The monoisotopic (exact) mass is 232 g/mol. The van der Waals surface area contributed by atoms with Gasteiger partial charge in [-0.25, -0.2) is 4.79 Å². The van der Waals surface area contributed by atoms with Gasteiger partial charge in [-0.2, -0.15) is 0 Å². The highest BCUT2D eigenvalue weighted by atomic mass is 16.6. The standard InChI is InChI=1S/C11H20O5/c1-13-6-7-14-9-11(12)16-8-10-4-2-3-5-15-10/h10H,2-9H2,1H3. The number of rotatable bonds is 7. The van der Waals surface area contributed by atoms with Crippen molar-refractivity contribution in [3.05, 3.63) is 0 Å². The van der Waals surface area contributed by atoms with Crippen LogP contribution in [0.2, 0.25) is 0 Å². The Morgan fingerprint density at radius 2 is 2.25 bits per heavy atom. The van der Waals surface area contributed by atoms with Gasteiger partial charge >= 0.3 is 5.97 Å². The molecule has 0 bridgehead atoms. The van der Waals surface area contributed by atoms with Gasteiger partial charge in [-0.05, 0) is 19.3 Å². The molecule has 0 aromatic rings. The fourth-order valence-corrected chi connectivity index (χ4v) is 1.46. The summed E-state index contributed by atoms with van der Waals surface area (Å²) in [5.41, 5.74) is 0. The van der Waals surface area contributed by atoms with Crippen LogP contribution in [0.1, 0.15) is 19.3 Å². The molecule has 5 nitrogen and oxygen atoms in total. The molecule has 1 atom stereocenters. The molecule has 1 heterocycles. The second-order valence-corrected chi connectivity index (χ2v) is 3.72. The second kappa shape index (κ2) is 8.50. The topological polar surface area (TPSA) is 54.0 Å². The Hall–Kier alpha value is -0.650. The van der Waals surface area contributed by atoms with Gasteiger partial charge < -0.3 is 18.9 Å². The molecule has 1 unspecified atom stereocenters. The highest BCUT2D eigenvalue weighted by molar-refractivity contribution is 5.70. The maximum Gasteiger partial charge on any atom is 0.332 e. The summed E-state index contributed by atoms with van der Waals surface area (Å²) in [5, 5.41) is 0. The molecule has 1 saturated heterocycles. The van der Waals surface area contributed by atoms with Gasteiger partial charge in [-0.15, -0.1) is 0 Å². The lowest BCUT2D eigenvalue weighted by Gasteiger charge is -2.21. The largest absolute Gasteiger partial charge is 0.461 e. The lowest BCUT2D eigenvalue weighted by molar-refractivity contribution is -0.154.